The maximum atomic E-state index is 12.4. The highest BCUT2D eigenvalue weighted by Gasteiger charge is 2.34. The second-order valence-corrected chi connectivity index (χ2v) is 6.15. The van der Waals surface area contributed by atoms with Gasteiger partial charge in [0.15, 0.2) is 0 Å². The van der Waals surface area contributed by atoms with E-state index in [-0.39, 0.29) is 0 Å². The van der Waals surface area contributed by atoms with Crippen molar-refractivity contribution < 1.29 is 9.53 Å². The second-order valence-electron chi connectivity index (χ2n) is 6.15. The molecule has 0 spiro atoms. The van der Waals surface area contributed by atoms with Gasteiger partial charge in [-0.2, -0.15) is 0 Å². The number of carbonyl (C=O) groups excluding carboxylic acids is 1. The first kappa shape index (κ1) is 14.4. The van der Waals surface area contributed by atoms with Gasteiger partial charge in [0.25, 0.3) is 0 Å². The number of benzene rings is 1. The van der Waals surface area contributed by atoms with Gasteiger partial charge in [-0.15, -0.1) is 0 Å². The Morgan fingerprint density at radius 2 is 2.05 bits per heavy atom. The molecule has 0 radical (unpaired) electrons. The Morgan fingerprint density at radius 3 is 2.81 bits per heavy atom. The zero-order valence-electron chi connectivity index (χ0n) is 12.7. The highest BCUT2D eigenvalue weighted by Crippen LogP contribution is 2.26. The van der Waals surface area contributed by atoms with Crippen LogP contribution >= 0.6 is 0 Å². The van der Waals surface area contributed by atoms with Crippen LogP contribution in [0, 0.1) is 11.8 Å². The third-order valence-electron chi connectivity index (χ3n) is 4.84. The molecule has 2 atom stereocenters. The van der Waals surface area contributed by atoms with Crippen molar-refractivity contribution in [3.63, 3.8) is 0 Å². The number of likely N-dealkylation sites (tertiary alicyclic amines) is 1. The van der Waals surface area contributed by atoms with Crippen molar-refractivity contribution in [3.8, 4) is 5.75 Å². The number of methoxy groups -OCH3 is 1. The van der Waals surface area contributed by atoms with Crippen LogP contribution in [0.15, 0.2) is 24.3 Å². The SMILES string of the molecule is COc1ccc(CCC(=O)N2CCC3CNCC3C2)cc1. The van der Waals surface area contributed by atoms with Crippen molar-refractivity contribution in [3.05, 3.63) is 29.8 Å². The number of amides is 1. The van der Waals surface area contributed by atoms with Gasteiger partial charge >= 0.3 is 0 Å². The minimum atomic E-state index is 0.302. The lowest BCUT2D eigenvalue weighted by Crippen LogP contribution is -2.43. The largest absolute Gasteiger partial charge is 0.497 e. The molecule has 3 rings (SSSR count). The van der Waals surface area contributed by atoms with Crippen molar-refractivity contribution in [2.75, 3.05) is 33.3 Å². The molecular formula is C17H24N2O2. The van der Waals surface area contributed by atoms with Crippen molar-refractivity contribution in [1.29, 1.82) is 0 Å². The summed E-state index contributed by atoms with van der Waals surface area (Å²) in [5.74, 6) is 2.62. The van der Waals surface area contributed by atoms with Crippen LogP contribution in [0.2, 0.25) is 0 Å². The highest BCUT2D eigenvalue weighted by atomic mass is 16.5. The molecule has 4 heteroatoms. The Bertz CT molecular complexity index is 486. The zero-order valence-corrected chi connectivity index (χ0v) is 12.7. The molecule has 2 saturated heterocycles. The molecule has 0 aromatic heterocycles. The molecule has 2 heterocycles. The Kier molecular flexibility index (Phi) is 4.44. The van der Waals surface area contributed by atoms with Crippen molar-refractivity contribution in [2.24, 2.45) is 11.8 Å². The molecule has 0 bridgehead atoms. The fourth-order valence-corrected chi connectivity index (χ4v) is 3.46. The van der Waals surface area contributed by atoms with Crippen LogP contribution in [0.4, 0.5) is 0 Å². The summed E-state index contributed by atoms with van der Waals surface area (Å²) in [4.78, 5) is 14.4. The van der Waals surface area contributed by atoms with Gasteiger partial charge in [-0.05, 0) is 55.5 Å². The van der Waals surface area contributed by atoms with Crippen molar-refractivity contribution >= 4 is 5.91 Å². The molecule has 1 aromatic carbocycles. The number of nitrogens with one attached hydrogen (secondary N) is 1. The molecule has 2 aliphatic heterocycles. The average molecular weight is 288 g/mol. The lowest BCUT2D eigenvalue weighted by molar-refractivity contribution is -0.133. The highest BCUT2D eigenvalue weighted by molar-refractivity contribution is 5.76. The maximum Gasteiger partial charge on any atom is 0.222 e. The third kappa shape index (κ3) is 3.38. The second kappa shape index (κ2) is 6.48. The van der Waals surface area contributed by atoms with Gasteiger partial charge in [-0.1, -0.05) is 12.1 Å². The molecular weight excluding hydrogens is 264 g/mol. The zero-order chi connectivity index (χ0) is 14.7. The Hall–Kier alpha value is -1.55. The quantitative estimate of drug-likeness (QED) is 0.917. The monoisotopic (exact) mass is 288 g/mol. The number of nitrogens with zero attached hydrogens (tertiary/aromatic N) is 1. The molecule has 0 aliphatic carbocycles. The molecule has 114 valence electrons. The van der Waals surface area contributed by atoms with E-state index in [1.165, 1.54) is 5.56 Å². The Morgan fingerprint density at radius 1 is 1.29 bits per heavy atom. The topological polar surface area (TPSA) is 41.6 Å². The summed E-state index contributed by atoms with van der Waals surface area (Å²) in [5.41, 5.74) is 1.20. The molecule has 1 amide bonds. The number of hydrogen-bond acceptors (Lipinski definition) is 3. The fraction of sp³-hybridized carbons (Fsp3) is 0.588. The van der Waals surface area contributed by atoms with Crippen molar-refractivity contribution in [2.45, 2.75) is 19.3 Å². The van der Waals surface area contributed by atoms with Crippen LogP contribution in [0.1, 0.15) is 18.4 Å². The van der Waals surface area contributed by atoms with E-state index in [2.05, 4.69) is 10.2 Å². The summed E-state index contributed by atoms with van der Waals surface area (Å²) >= 11 is 0. The average Bonchev–Trinajstić information content (AvgIpc) is 3.00. The lowest BCUT2D eigenvalue weighted by atomic mass is 9.88. The predicted molar refractivity (Wildman–Crippen MR) is 82.4 cm³/mol. The van der Waals surface area contributed by atoms with E-state index in [1.807, 2.05) is 24.3 Å². The summed E-state index contributed by atoms with van der Waals surface area (Å²) in [5, 5.41) is 3.44. The van der Waals surface area contributed by atoms with E-state index < -0.39 is 0 Å². The van der Waals surface area contributed by atoms with E-state index in [9.17, 15) is 4.79 Å². The lowest BCUT2D eigenvalue weighted by Gasteiger charge is -2.34. The molecule has 2 unspecified atom stereocenters. The summed E-state index contributed by atoms with van der Waals surface area (Å²) in [7, 11) is 1.67. The van der Waals surface area contributed by atoms with Crippen LogP contribution < -0.4 is 10.1 Å². The number of aryl methyl sites for hydroxylation is 1. The van der Waals surface area contributed by atoms with Gasteiger partial charge in [-0.25, -0.2) is 0 Å². The molecule has 1 N–H and O–H groups in total. The molecule has 2 aliphatic rings. The van der Waals surface area contributed by atoms with Gasteiger partial charge in [0.1, 0.15) is 5.75 Å². The maximum absolute atomic E-state index is 12.4. The standard InChI is InChI=1S/C17H24N2O2/c1-21-16-5-2-13(3-6-16)4-7-17(20)19-9-8-14-10-18-11-15(14)12-19/h2-3,5-6,14-15,18H,4,7-12H2,1H3. The Balaban J connectivity index is 1.49. The summed E-state index contributed by atoms with van der Waals surface area (Å²) < 4.78 is 5.15. The van der Waals surface area contributed by atoms with Crippen molar-refractivity contribution in [1.82, 2.24) is 10.2 Å². The van der Waals surface area contributed by atoms with Gasteiger partial charge in [0.2, 0.25) is 5.91 Å². The molecule has 1 aromatic rings. The van der Waals surface area contributed by atoms with Crippen LogP contribution in [-0.4, -0.2) is 44.1 Å². The van der Waals surface area contributed by atoms with E-state index >= 15 is 0 Å². The fourth-order valence-electron chi connectivity index (χ4n) is 3.46. The summed E-state index contributed by atoms with van der Waals surface area (Å²) in [6, 6.07) is 7.99. The van der Waals surface area contributed by atoms with Crippen LogP contribution in [-0.2, 0) is 11.2 Å². The molecule has 21 heavy (non-hydrogen) atoms. The number of rotatable bonds is 4. The number of carbonyl (C=O) groups is 1. The Labute approximate surface area is 126 Å². The minimum absolute atomic E-state index is 0.302. The first-order valence-corrected chi connectivity index (χ1v) is 7.87. The molecule has 2 fully saturated rings. The first-order valence-electron chi connectivity index (χ1n) is 7.87. The summed E-state index contributed by atoms with van der Waals surface area (Å²) in [6.07, 6.45) is 2.58. The normalized spacial score (nSPS) is 24.7. The molecule has 4 nitrogen and oxygen atoms in total. The number of piperidine rings is 1. The van der Waals surface area contributed by atoms with E-state index in [1.54, 1.807) is 7.11 Å². The number of fused-ring (bicyclic) bond motifs is 1. The van der Waals surface area contributed by atoms with E-state index in [0.29, 0.717) is 18.2 Å². The van der Waals surface area contributed by atoms with Gasteiger partial charge < -0.3 is 15.0 Å². The smallest absolute Gasteiger partial charge is 0.222 e. The van der Waals surface area contributed by atoms with E-state index in [4.69, 9.17) is 4.74 Å². The van der Waals surface area contributed by atoms with Gasteiger partial charge in [0, 0.05) is 19.5 Å². The third-order valence-corrected chi connectivity index (χ3v) is 4.84. The van der Waals surface area contributed by atoms with Gasteiger partial charge in [0.05, 0.1) is 7.11 Å². The van der Waals surface area contributed by atoms with E-state index in [0.717, 1.165) is 50.7 Å². The van der Waals surface area contributed by atoms with Crippen LogP contribution in [0.5, 0.6) is 5.75 Å². The predicted octanol–water partition coefficient (Wildman–Crippen LogP) is 1.70. The molecule has 0 saturated carbocycles. The number of hydrogen-bond donors (Lipinski definition) is 1. The summed E-state index contributed by atoms with van der Waals surface area (Å²) in [6.45, 7) is 4.09. The van der Waals surface area contributed by atoms with Crippen LogP contribution in [0.25, 0.3) is 0 Å². The minimum Gasteiger partial charge on any atom is -0.497 e. The number of ether oxygens (including phenoxy) is 1. The van der Waals surface area contributed by atoms with Gasteiger partial charge in [-0.3, -0.25) is 4.79 Å². The van der Waals surface area contributed by atoms with Crippen LogP contribution in [0.3, 0.4) is 0 Å². The first-order chi connectivity index (χ1) is 10.3.